The van der Waals surface area contributed by atoms with Gasteiger partial charge in [0.15, 0.2) is 0 Å². The topological polar surface area (TPSA) is 64.4 Å². The molecular weight excluding hydrogens is 232 g/mol. The summed E-state index contributed by atoms with van der Waals surface area (Å²) in [6.45, 7) is -0.220. The van der Waals surface area contributed by atoms with Gasteiger partial charge in [0, 0.05) is 6.07 Å². The van der Waals surface area contributed by atoms with Gasteiger partial charge in [-0.25, -0.2) is 4.98 Å². The van der Waals surface area contributed by atoms with Gasteiger partial charge >= 0.3 is 5.97 Å². The van der Waals surface area contributed by atoms with Crippen molar-refractivity contribution < 1.29 is 14.6 Å². The summed E-state index contributed by atoms with van der Waals surface area (Å²) < 4.78 is 6.48. The molecule has 0 aliphatic carbocycles. The number of carboxylic acids is 1. The summed E-state index contributed by atoms with van der Waals surface area (Å²) in [7, 11) is 1.54. The highest BCUT2D eigenvalue weighted by molar-refractivity contribution is 6.29. The lowest BCUT2D eigenvalue weighted by atomic mass is 10.3. The zero-order valence-corrected chi connectivity index (χ0v) is 9.23. The Morgan fingerprint density at radius 3 is 3.00 bits per heavy atom. The molecule has 0 fully saturated rings. The number of benzene rings is 1. The standard InChI is InChI=1S/C10H9ClN2O3/c1-16-6-2-3-7-8(4-6)13(5-9(14)15)10(11)12-7/h2-4H,5H2,1H3,(H,14,15). The number of hydrogen-bond acceptors (Lipinski definition) is 3. The average molecular weight is 241 g/mol. The van der Waals surface area contributed by atoms with Crippen LogP contribution in [0.2, 0.25) is 5.28 Å². The second-order valence-electron chi connectivity index (χ2n) is 3.22. The Labute approximate surface area is 96.2 Å². The smallest absolute Gasteiger partial charge is 0.323 e. The minimum Gasteiger partial charge on any atom is -0.497 e. The van der Waals surface area contributed by atoms with E-state index in [4.69, 9.17) is 21.4 Å². The number of halogens is 1. The first-order valence-electron chi connectivity index (χ1n) is 4.53. The Bertz CT molecular complexity index is 550. The minimum atomic E-state index is -0.969. The number of carboxylic acid groups (broad SMARTS) is 1. The van der Waals surface area contributed by atoms with Gasteiger partial charge < -0.3 is 14.4 Å². The van der Waals surface area contributed by atoms with E-state index in [2.05, 4.69) is 4.98 Å². The molecule has 0 aliphatic rings. The van der Waals surface area contributed by atoms with Crippen molar-refractivity contribution in [3.05, 3.63) is 23.5 Å². The lowest BCUT2D eigenvalue weighted by molar-refractivity contribution is -0.137. The van der Waals surface area contributed by atoms with Crippen LogP contribution in [0.1, 0.15) is 0 Å². The predicted molar refractivity (Wildman–Crippen MR) is 58.9 cm³/mol. The zero-order valence-electron chi connectivity index (χ0n) is 8.48. The molecule has 5 nitrogen and oxygen atoms in total. The van der Waals surface area contributed by atoms with Crippen molar-refractivity contribution in [2.24, 2.45) is 0 Å². The van der Waals surface area contributed by atoms with Crippen molar-refractivity contribution in [3.8, 4) is 5.75 Å². The van der Waals surface area contributed by atoms with Crippen LogP contribution >= 0.6 is 11.6 Å². The summed E-state index contributed by atoms with van der Waals surface area (Å²) in [5.41, 5.74) is 1.29. The fourth-order valence-corrected chi connectivity index (χ4v) is 1.73. The van der Waals surface area contributed by atoms with Crippen molar-refractivity contribution in [1.82, 2.24) is 9.55 Å². The number of imidazole rings is 1. The molecular formula is C10H9ClN2O3. The van der Waals surface area contributed by atoms with Crippen LogP contribution in [0.25, 0.3) is 11.0 Å². The van der Waals surface area contributed by atoms with Gasteiger partial charge in [0.05, 0.1) is 18.1 Å². The lowest BCUT2D eigenvalue weighted by Gasteiger charge is -2.03. The van der Waals surface area contributed by atoms with Gasteiger partial charge in [0.2, 0.25) is 5.28 Å². The summed E-state index contributed by atoms with van der Waals surface area (Å²) in [6.07, 6.45) is 0. The Hall–Kier alpha value is -1.75. The molecule has 0 amide bonds. The van der Waals surface area contributed by atoms with E-state index in [0.29, 0.717) is 16.8 Å². The molecule has 1 aromatic carbocycles. The molecule has 2 rings (SSSR count). The normalized spacial score (nSPS) is 10.6. The molecule has 0 aliphatic heterocycles. The second-order valence-corrected chi connectivity index (χ2v) is 3.55. The van der Waals surface area contributed by atoms with E-state index in [0.717, 1.165) is 0 Å². The van der Waals surface area contributed by atoms with Crippen LogP contribution in [-0.4, -0.2) is 27.7 Å². The van der Waals surface area contributed by atoms with Gasteiger partial charge in [-0.3, -0.25) is 4.79 Å². The third-order valence-electron chi connectivity index (χ3n) is 2.20. The monoisotopic (exact) mass is 240 g/mol. The average Bonchev–Trinajstić information content (AvgIpc) is 2.54. The van der Waals surface area contributed by atoms with Crippen molar-refractivity contribution in [3.63, 3.8) is 0 Å². The lowest BCUT2D eigenvalue weighted by Crippen LogP contribution is -2.08. The van der Waals surface area contributed by atoms with Crippen LogP contribution in [0.5, 0.6) is 5.75 Å². The largest absolute Gasteiger partial charge is 0.497 e. The summed E-state index contributed by atoms with van der Waals surface area (Å²) in [4.78, 5) is 14.7. The van der Waals surface area contributed by atoms with Crippen LogP contribution in [-0.2, 0) is 11.3 Å². The highest BCUT2D eigenvalue weighted by Crippen LogP contribution is 2.23. The maximum Gasteiger partial charge on any atom is 0.323 e. The van der Waals surface area contributed by atoms with Gasteiger partial charge in [-0.15, -0.1) is 0 Å². The van der Waals surface area contributed by atoms with E-state index in [-0.39, 0.29) is 11.8 Å². The van der Waals surface area contributed by atoms with Crippen molar-refractivity contribution in [2.45, 2.75) is 6.54 Å². The molecule has 84 valence electrons. The van der Waals surface area contributed by atoms with E-state index < -0.39 is 5.97 Å². The van der Waals surface area contributed by atoms with E-state index in [1.54, 1.807) is 25.3 Å². The third-order valence-corrected chi connectivity index (χ3v) is 2.49. The maximum absolute atomic E-state index is 10.7. The quantitative estimate of drug-likeness (QED) is 0.888. The van der Waals surface area contributed by atoms with E-state index in [1.807, 2.05) is 0 Å². The Morgan fingerprint density at radius 2 is 2.38 bits per heavy atom. The van der Waals surface area contributed by atoms with E-state index in [9.17, 15) is 4.79 Å². The molecule has 1 N–H and O–H groups in total. The highest BCUT2D eigenvalue weighted by Gasteiger charge is 2.12. The van der Waals surface area contributed by atoms with Crippen molar-refractivity contribution in [1.29, 1.82) is 0 Å². The SMILES string of the molecule is COc1ccc2nc(Cl)n(CC(=O)O)c2c1. The number of nitrogens with zero attached hydrogens (tertiary/aromatic N) is 2. The number of ether oxygens (including phenoxy) is 1. The first-order chi connectivity index (χ1) is 7.61. The molecule has 16 heavy (non-hydrogen) atoms. The first-order valence-corrected chi connectivity index (χ1v) is 4.91. The Balaban J connectivity index is 2.61. The van der Waals surface area contributed by atoms with Crippen LogP contribution in [0, 0.1) is 0 Å². The predicted octanol–water partition coefficient (Wildman–Crippen LogP) is 1.78. The second kappa shape index (κ2) is 4.02. The molecule has 0 atom stereocenters. The molecule has 1 heterocycles. The van der Waals surface area contributed by atoms with Crippen LogP contribution < -0.4 is 4.74 Å². The fraction of sp³-hybridized carbons (Fsp3) is 0.200. The Morgan fingerprint density at radius 1 is 1.62 bits per heavy atom. The third kappa shape index (κ3) is 1.81. The van der Waals surface area contributed by atoms with Gasteiger partial charge in [0.25, 0.3) is 0 Å². The molecule has 2 aromatic rings. The number of carbonyl (C=O) groups is 1. The molecule has 1 aromatic heterocycles. The highest BCUT2D eigenvalue weighted by atomic mass is 35.5. The van der Waals surface area contributed by atoms with Gasteiger partial charge in [-0.05, 0) is 23.7 Å². The number of fused-ring (bicyclic) bond motifs is 1. The fourth-order valence-electron chi connectivity index (χ4n) is 1.49. The number of rotatable bonds is 3. The van der Waals surface area contributed by atoms with E-state index in [1.165, 1.54) is 4.57 Å². The van der Waals surface area contributed by atoms with Gasteiger partial charge in [0.1, 0.15) is 12.3 Å². The summed E-state index contributed by atoms with van der Waals surface area (Å²) in [5.74, 6) is -0.334. The molecule has 0 spiro atoms. The van der Waals surface area contributed by atoms with Crippen LogP contribution in [0.3, 0.4) is 0 Å². The molecule has 0 unspecified atom stereocenters. The molecule has 0 saturated heterocycles. The maximum atomic E-state index is 10.7. The van der Waals surface area contributed by atoms with Crippen LogP contribution in [0.15, 0.2) is 18.2 Å². The number of hydrogen-bond donors (Lipinski definition) is 1. The summed E-state index contributed by atoms with van der Waals surface area (Å²) in [5, 5.41) is 8.92. The van der Waals surface area contributed by atoms with Gasteiger partial charge in [-0.1, -0.05) is 0 Å². The van der Waals surface area contributed by atoms with Gasteiger partial charge in [-0.2, -0.15) is 0 Å². The van der Waals surface area contributed by atoms with Crippen molar-refractivity contribution >= 4 is 28.6 Å². The number of aliphatic carboxylic acids is 1. The molecule has 0 radical (unpaired) electrons. The van der Waals surface area contributed by atoms with E-state index >= 15 is 0 Å². The number of methoxy groups -OCH3 is 1. The first kappa shape index (κ1) is 10.8. The Kier molecular flexibility index (Phi) is 2.70. The summed E-state index contributed by atoms with van der Waals surface area (Å²) in [6, 6.07) is 5.19. The number of aromatic nitrogens is 2. The molecule has 0 saturated carbocycles. The summed E-state index contributed by atoms with van der Waals surface area (Å²) >= 11 is 5.85. The van der Waals surface area contributed by atoms with Crippen molar-refractivity contribution in [2.75, 3.05) is 7.11 Å². The molecule has 6 heteroatoms. The zero-order chi connectivity index (χ0) is 11.7. The van der Waals surface area contributed by atoms with Crippen LogP contribution in [0.4, 0.5) is 0 Å². The minimum absolute atomic E-state index is 0.158. The molecule has 0 bridgehead atoms.